The van der Waals surface area contributed by atoms with E-state index in [0.717, 1.165) is 19.5 Å². The minimum atomic E-state index is 0.625. The van der Waals surface area contributed by atoms with Gasteiger partial charge in [0, 0.05) is 22.9 Å². The van der Waals surface area contributed by atoms with Crippen LogP contribution in [0.5, 0.6) is 0 Å². The van der Waals surface area contributed by atoms with E-state index in [2.05, 4.69) is 30.4 Å². The van der Waals surface area contributed by atoms with Crippen LogP contribution >= 0.6 is 11.8 Å². The molecule has 3 N–H and O–H groups in total. The van der Waals surface area contributed by atoms with Crippen LogP contribution in [0.3, 0.4) is 0 Å². The third-order valence-corrected chi connectivity index (χ3v) is 4.21. The summed E-state index contributed by atoms with van der Waals surface area (Å²) in [7, 11) is 0. The van der Waals surface area contributed by atoms with Gasteiger partial charge in [-0.2, -0.15) is 0 Å². The molecule has 0 fully saturated rings. The first-order valence-electron chi connectivity index (χ1n) is 6.03. The summed E-state index contributed by atoms with van der Waals surface area (Å²) in [6, 6.07) is 6.76. The van der Waals surface area contributed by atoms with Gasteiger partial charge in [0.15, 0.2) is 0 Å². The molecule has 0 aliphatic carbocycles. The van der Waals surface area contributed by atoms with Crippen molar-refractivity contribution in [2.24, 2.45) is 11.7 Å². The number of hydrogen-bond donors (Lipinski definition) is 2. The van der Waals surface area contributed by atoms with E-state index in [-0.39, 0.29) is 0 Å². The minimum Gasteiger partial charge on any atom is -0.383 e. The van der Waals surface area contributed by atoms with Crippen molar-refractivity contribution in [3.05, 3.63) is 23.8 Å². The molecule has 1 atom stereocenters. The molecule has 1 aromatic rings. The topological polar surface area (TPSA) is 38.0 Å². The molecule has 1 aliphatic rings. The molecule has 0 radical (unpaired) electrons. The summed E-state index contributed by atoms with van der Waals surface area (Å²) < 4.78 is 0. The van der Waals surface area contributed by atoms with Crippen LogP contribution in [0.1, 0.15) is 18.9 Å². The number of thioether (sulfide) groups is 1. The van der Waals surface area contributed by atoms with E-state index in [1.807, 2.05) is 11.8 Å². The second-order valence-electron chi connectivity index (χ2n) is 4.32. The first kappa shape index (κ1) is 11.8. The summed E-state index contributed by atoms with van der Waals surface area (Å²) in [6.45, 7) is 4.09. The maximum absolute atomic E-state index is 5.75. The van der Waals surface area contributed by atoms with Crippen molar-refractivity contribution in [3.8, 4) is 0 Å². The highest BCUT2D eigenvalue weighted by molar-refractivity contribution is 7.99. The van der Waals surface area contributed by atoms with Crippen LogP contribution in [-0.4, -0.2) is 18.8 Å². The monoisotopic (exact) mass is 236 g/mol. The molecule has 2 nitrogen and oxygen atoms in total. The lowest BCUT2D eigenvalue weighted by Gasteiger charge is -2.19. The van der Waals surface area contributed by atoms with Crippen LogP contribution in [0.15, 0.2) is 23.1 Å². The summed E-state index contributed by atoms with van der Waals surface area (Å²) in [5.74, 6) is 1.80. The normalized spacial score (nSPS) is 16.4. The molecule has 0 saturated heterocycles. The van der Waals surface area contributed by atoms with Gasteiger partial charge in [-0.15, -0.1) is 11.8 Å². The molecule has 0 bridgehead atoms. The van der Waals surface area contributed by atoms with Gasteiger partial charge in [0.25, 0.3) is 0 Å². The molecular formula is C13H20N2S. The third kappa shape index (κ3) is 2.71. The lowest BCUT2D eigenvalue weighted by molar-refractivity contribution is 0.518. The lowest BCUT2D eigenvalue weighted by atomic mass is 9.97. The molecule has 0 aromatic heterocycles. The van der Waals surface area contributed by atoms with Gasteiger partial charge in [-0.25, -0.2) is 0 Å². The summed E-state index contributed by atoms with van der Waals surface area (Å²) in [5.41, 5.74) is 8.47. The second-order valence-corrected chi connectivity index (χ2v) is 5.46. The van der Waals surface area contributed by atoms with Gasteiger partial charge in [0.1, 0.15) is 0 Å². The molecule has 0 spiro atoms. The van der Waals surface area contributed by atoms with E-state index in [1.54, 1.807) is 0 Å². The Kier molecular flexibility index (Phi) is 4.13. The number of benzene rings is 1. The van der Waals surface area contributed by atoms with Gasteiger partial charge in [-0.3, -0.25) is 0 Å². The Labute approximate surface area is 102 Å². The number of rotatable bonds is 4. The Hall–Kier alpha value is -0.670. The largest absolute Gasteiger partial charge is 0.383 e. The molecule has 2 rings (SSSR count). The van der Waals surface area contributed by atoms with Gasteiger partial charge in [0.2, 0.25) is 0 Å². The fourth-order valence-electron chi connectivity index (χ4n) is 2.03. The van der Waals surface area contributed by atoms with Gasteiger partial charge in [0.05, 0.1) is 0 Å². The predicted octanol–water partition coefficient (Wildman–Crippen LogP) is 2.73. The van der Waals surface area contributed by atoms with Crippen molar-refractivity contribution >= 4 is 17.4 Å². The van der Waals surface area contributed by atoms with E-state index in [1.165, 1.54) is 28.3 Å². The SMILES string of the molecule is CCC(CN)Cc1ccc2c(c1)SCCN2. The molecule has 1 unspecified atom stereocenters. The van der Waals surface area contributed by atoms with E-state index >= 15 is 0 Å². The quantitative estimate of drug-likeness (QED) is 0.844. The van der Waals surface area contributed by atoms with Crippen LogP contribution in [0, 0.1) is 5.92 Å². The highest BCUT2D eigenvalue weighted by atomic mass is 32.2. The molecule has 16 heavy (non-hydrogen) atoms. The number of anilines is 1. The Balaban J connectivity index is 2.10. The average Bonchev–Trinajstić information content (AvgIpc) is 2.35. The van der Waals surface area contributed by atoms with E-state index < -0.39 is 0 Å². The molecule has 3 heteroatoms. The van der Waals surface area contributed by atoms with Crippen LogP contribution in [0.25, 0.3) is 0 Å². The number of nitrogens with one attached hydrogen (secondary N) is 1. The molecule has 1 heterocycles. The fourth-order valence-corrected chi connectivity index (χ4v) is 2.99. The summed E-state index contributed by atoms with van der Waals surface area (Å²) >= 11 is 1.95. The molecular weight excluding hydrogens is 216 g/mol. The number of fused-ring (bicyclic) bond motifs is 1. The van der Waals surface area contributed by atoms with Crippen molar-refractivity contribution in [1.29, 1.82) is 0 Å². The molecule has 1 aromatic carbocycles. The Bertz CT molecular complexity index is 348. The van der Waals surface area contributed by atoms with E-state index in [4.69, 9.17) is 5.73 Å². The molecule has 0 amide bonds. The van der Waals surface area contributed by atoms with Crippen molar-refractivity contribution in [2.75, 3.05) is 24.2 Å². The maximum Gasteiger partial charge on any atom is 0.0478 e. The van der Waals surface area contributed by atoms with Gasteiger partial charge >= 0.3 is 0 Å². The molecule has 88 valence electrons. The fraction of sp³-hybridized carbons (Fsp3) is 0.538. The zero-order valence-corrected chi connectivity index (χ0v) is 10.6. The highest BCUT2D eigenvalue weighted by Crippen LogP contribution is 2.32. The van der Waals surface area contributed by atoms with Gasteiger partial charge in [-0.1, -0.05) is 19.4 Å². The van der Waals surface area contributed by atoms with Gasteiger partial charge < -0.3 is 11.1 Å². The third-order valence-electron chi connectivity index (χ3n) is 3.16. The van der Waals surface area contributed by atoms with Crippen molar-refractivity contribution < 1.29 is 0 Å². The second kappa shape index (κ2) is 5.60. The number of hydrogen-bond acceptors (Lipinski definition) is 3. The van der Waals surface area contributed by atoms with Gasteiger partial charge in [-0.05, 0) is 36.6 Å². The first-order chi connectivity index (χ1) is 7.83. The van der Waals surface area contributed by atoms with Crippen molar-refractivity contribution in [2.45, 2.75) is 24.7 Å². The van der Waals surface area contributed by atoms with E-state index in [0.29, 0.717) is 5.92 Å². The zero-order valence-electron chi connectivity index (χ0n) is 9.83. The average molecular weight is 236 g/mol. The number of nitrogens with two attached hydrogens (primary N) is 1. The van der Waals surface area contributed by atoms with Crippen molar-refractivity contribution in [3.63, 3.8) is 0 Å². The van der Waals surface area contributed by atoms with Crippen LogP contribution in [0.4, 0.5) is 5.69 Å². The van der Waals surface area contributed by atoms with Crippen LogP contribution < -0.4 is 11.1 Å². The standard InChI is InChI=1S/C13H20N2S/c1-2-10(9-14)7-11-3-4-12-13(8-11)16-6-5-15-12/h3-4,8,10,15H,2,5-7,9,14H2,1H3. The Morgan fingerprint density at radius 1 is 1.50 bits per heavy atom. The summed E-state index contributed by atoms with van der Waals surface area (Å²) in [4.78, 5) is 1.40. The Morgan fingerprint density at radius 2 is 2.38 bits per heavy atom. The highest BCUT2D eigenvalue weighted by Gasteiger charge is 2.11. The summed E-state index contributed by atoms with van der Waals surface area (Å²) in [5, 5.41) is 3.43. The van der Waals surface area contributed by atoms with Crippen LogP contribution in [-0.2, 0) is 6.42 Å². The van der Waals surface area contributed by atoms with E-state index in [9.17, 15) is 0 Å². The Morgan fingerprint density at radius 3 is 3.12 bits per heavy atom. The van der Waals surface area contributed by atoms with Crippen molar-refractivity contribution in [1.82, 2.24) is 0 Å². The summed E-state index contributed by atoms with van der Waals surface area (Å²) in [6.07, 6.45) is 2.28. The lowest BCUT2D eigenvalue weighted by Crippen LogP contribution is -2.16. The molecule has 1 aliphatic heterocycles. The smallest absolute Gasteiger partial charge is 0.0478 e. The maximum atomic E-state index is 5.75. The minimum absolute atomic E-state index is 0.625. The predicted molar refractivity (Wildman–Crippen MR) is 72.2 cm³/mol. The zero-order chi connectivity index (χ0) is 11.4. The molecule has 0 saturated carbocycles. The first-order valence-corrected chi connectivity index (χ1v) is 7.01. The van der Waals surface area contributed by atoms with Crippen LogP contribution in [0.2, 0.25) is 0 Å².